The monoisotopic (exact) mass is 146 g/mol. The van der Waals surface area contributed by atoms with E-state index in [2.05, 4.69) is 13.8 Å². The molecule has 0 aromatic heterocycles. The van der Waals surface area contributed by atoms with Gasteiger partial charge >= 0.3 is 0 Å². The summed E-state index contributed by atoms with van der Waals surface area (Å²) in [6, 6.07) is 0. The second kappa shape index (κ2) is 8.92. The van der Waals surface area contributed by atoms with Crippen molar-refractivity contribution in [2.24, 2.45) is 0 Å². The molecule has 0 aliphatic carbocycles. The van der Waals surface area contributed by atoms with Crippen molar-refractivity contribution in [2.75, 3.05) is 13.2 Å². The average Bonchev–Trinajstić information content (AvgIpc) is 1.97. The fourth-order valence-corrected chi connectivity index (χ4v) is 0.524. The van der Waals surface area contributed by atoms with Gasteiger partial charge in [0.15, 0.2) is 0 Å². The van der Waals surface area contributed by atoms with Crippen LogP contribution in [-0.4, -0.2) is 13.2 Å². The van der Waals surface area contributed by atoms with Crippen LogP contribution in [0.4, 0.5) is 0 Å². The van der Waals surface area contributed by atoms with Crippen LogP contribution < -0.4 is 0 Å². The Kier molecular flexibility index (Phi) is 8.85. The van der Waals surface area contributed by atoms with Crippen LogP contribution >= 0.6 is 0 Å². The summed E-state index contributed by atoms with van der Waals surface area (Å²) >= 11 is 0. The quantitative estimate of drug-likeness (QED) is 0.312. The summed E-state index contributed by atoms with van der Waals surface area (Å²) in [5, 5.41) is 0. The minimum absolute atomic E-state index is 0.736. The van der Waals surface area contributed by atoms with Gasteiger partial charge in [0.25, 0.3) is 0 Å². The lowest BCUT2D eigenvalue weighted by atomic mass is 10.4. The number of hydrogen-bond acceptors (Lipinski definition) is 2. The van der Waals surface area contributed by atoms with E-state index in [0.717, 1.165) is 38.9 Å². The SMILES string of the molecule is CCCCOOCCCC. The van der Waals surface area contributed by atoms with E-state index < -0.39 is 0 Å². The smallest absolute Gasteiger partial charge is 0.0822 e. The molecule has 0 rings (SSSR count). The molecule has 0 aliphatic heterocycles. The van der Waals surface area contributed by atoms with Gasteiger partial charge < -0.3 is 0 Å². The Bertz CT molecular complexity index is 47.2. The minimum atomic E-state index is 0.736. The molecule has 2 heteroatoms. The van der Waals surface area contributed by atoms with E-state index in [-0.39, 0.29) is 0 Å². The lowest BCUT2D eigenvalue weighted by molar-refractivity contribution is -0.295. The summed E-state index contributed by atoms with van der Waals surface area (Å²) in [5.74, 6) is 0. The van der Waals surface area contributed by atoms with Crippen LogP contribution in [0.15, 0.2) is 0 Å². The van der Waals surface area contributed by atoms with E-state index in [9.17, 15) is 0 Å². The van der Waals surface area contributed by atoms with Crippen LogP contribution in [0.25, 0.3) is 0 Å². The third-order valence-electron chi connectivity index (χ3n) is 1.25. The van der Waals surface area contributed by atoms with E-state index >= 15 is 0 Å². The van der Waals surface area contributed by atoms with E-state index in [1.165, 1.54) is 0 Å². The van der Waals surface area contributed by atoms with E-state index in [1.54, 1.807) is 0 Å². The highest BCUT2D eigenvalue weighted by atomic mass is 17.2. The molecule has 2 nitrogen and oxygen atoms in total. The molecular formula is C8H18O2. The maximum Gasteiger partial charge on any atom is 0.0822 e. The highest BCUT2D eigenvalue weighted by Gasteiger charge is 1.86. The zero-order valence-electron chi connectivity index (χ0n) is 7.06. The maximum atomic E-state index is 4.88. The topological polar surface area (TPSA) is 18.5 Å². The van der Waals surface area contributed by atoms with Gasteiger partial charge in [0.2, 0.25) is 0 Å². The molecular weight excluding hydrogens is 128 g/mol. The number of hydrogen-bond donors (Lipinski definition) is 0. The van der Waals surface area contributed by atoms with Crippen LogP contribution in [-0.2, 0) is 9.78 Å². The lowest BCUT2D eigenvalue weighted by Crippen LogP contribution is -1.97. The molecule has 62 valence electrons. The normalized spacial score (nSPS) is 10.2. The van der Waals surface area contributed by atoms with Crippen molar-refractivity contribution in [3.05, 3.63) is 0 Å². The zero-order valence-corrected chi connectivity index (χ0v) is 7.06. The Balaban J connectivity index is 2.65. The van der Waals surface area contributed by atoms with E-state index in [4.69, 9.17) is 9.78 Å². The largest absolute Gasteiger partial charge is 0.237 e. The first-order chi connectivity index (χ1) is 4.91. The Morgan fingerprint density at radius 3 is 1.50 bits per heavy atom. The van der Waals surface area contributed by atoms with Crippen LogP contribution in [0, 0.1) is 0 Å². The summed E-state index contributed by atoms with van der Waals surface area (Å²) < 4.78 is 0. The summed E-state index contributed by atoms with van der Waals surface area (Å²) in [6.07, 6.45) is 4.51. The average molecular weight is 146 g/mol. The van der Waals surface area contributed by atoms with Gasteiger partial charge in [-0.25, -0.2) is 9.78 Å². The van der Waals surface area contributed by atoms with Gasteiger partial charge in [-0.15, -0.1) is 0 Å². The molecule has 0 fully saturated rings. The third-order valence-corrected chi connectivity index (χ3v) is 1.25. The summed E-state index contributed by atoms with van der Waals surface area (Å²) in [5.41, 5.74) is 0. The summed E-state index contributed by atoms with van der Waals surface area (Å²) in [4.78, 5) is 9.75. The fraction of sp³-hybridized carbons (Fsp3) is 1.00. The minimum Gasteiger partial charge on any atom is -0.237 e. The zero-order chi connectivity index (χ0) is 7.66. The molecule has 0 atom stereocenters. The highest BCUT2D eigenvalue weighted by Crippen LogP contribution is 1.91. The second-order valence-electron chi connectivity index (χ2n) is 2.35. The molecule has 0 N–H and O–H groups in total. The molecule has 10 heavy (non-hydrogen) atoms. The predicted octanol–water partition coefficient (Wildman–Crippen LogP) is 2.53. The molecule has 0 aliphatic rings. The molecule has 0 bridgehead atoms. The molecule has 0 heterocycles. The Labute approximate surface area is 63.5 Å². The molecule has 0 saturated carbocycles. The van der Waals surface area contributed by atoms with Crippen LogP contribution in [0.5, 0.6) is 0 Å². The summed E-state index contributed by atoms with van der Waals surface area (Å²) in [7, 11) is 0. The van der Waals surface area contributed by atoms with Gasteiger partial charge in [-0.2, -0.15) is 0 Å². The molecule has 0 amide bonds. The van der Waals surface area contributed by atoms with Crippen LogP contribution in [0.3, 0.4) is 0 Å². The van der Waals surface area contributed by atoms with Gasteiger partial charge in [0, 0.05) is 0 Å². The van der Waals surface area contributed by atoms with Crippen molar-refractivity contribution in [3.8, 4) is 0 Å². The van der Waals surface area contributed by atoms with E-state index in [0.29, 0.717) is 0 Å². The maximum absolute atomic E-state index is 4.88. The first-order valence-electron chi connectivity index (χ1n) is 4.16. The van der Waals surface area contributed by atoms with Gasteiger partial charge in [0.1, 0.15) is 0 Å². The standard InChI is InChI=1S/C8H18O2/c1-3-5-7-9-10-8-6-4-2/h3-8H2,1-2H3. The van der Waals surface area contributed by atoms with Crippen molar-refractivity contribution in [3.63, 3.8) is 0 Å². The van der Waals surface area contributed by atoms with Crippen molar-refractivity contribution in [2.45, 2.75) is 39.5 Å². The number of rotatable bonds is 7. The van der Waals surface area contributed by atoms with Crippen LogP contribution in [0.2, 0.25) is 0 Å². The molecule has 0 unspecified atom stereocenters. The lowest BCUT2D eigenvalue weighted by Gasteiger charge is -2.00. The van der Waals surface area contributed by atoms with Crippen molar-refractivity contribution >= 4 is 0 Å². The van der Waals surface area contributed by atoms with Crippen LogP contribution in [0.1, 0.15) is 39.5 Å². The van der Waals surface area contributed by atoms with E-state index in [1.807, 2.05) is 0 Å². The van der Waals surface area contributed by atoms with Crippen molar-refractivity contribution in [1.82, 2.24) is 0 Å². The highest BCUT2D eigenvalue weighted by molar-refractivity contribution is 4.28. The number of unbranched alkanes of at least 4 members (excludes halogenated alkanes) is 2. The van der Waals surface area contributed by atoms with Gasteiger partial charge in [0.05, 0.1) is 13.2 Å². The van der Waals surface area contributed by atoms with Crippen molar-refractivity contribution in [1.29, 1.82) is 0 Å². The molecule has 0 radical (unpaired) electrons. The molecule has 0 spiro atoms. The van der Waals surface area contributed by atoms with Gasteiger partial charge in [-0.05, 0) is 12.8 Å². The summed E-state index contributed by atoms with van der Waals surface area (Å²) in [6.45, 7) is 5.74. The molecule has 0 aromatic carbocycles. The Morgan fingerprint density at radius 2 is 1.20 bits per heavy atom. The van der Waals surface area contributed by atoms with Crippen molar-refractivity contribution < 1.29 is 9.78 Å². The first-order valence-corrected chi connectivity index (χ1v) is 4.16. The van der Waals surface area contributed by atoms with Gasteiger partial charge in [-0.3, -0.25) is 0 Å². The third kappa shape index (κ3) is 7.92. The van der Waals surface area contributed by atoms with Gasteiger partial charge in [-0.1, -0.05) is 26.7 Å². The second-order valence-corrected chi connectivity index (χ2v) is 2.35. The fourth-order valence-electron chi connectivity index (χ4n) is 0.524. The first kappa shape index (κ1) is 9.92. The Morgan fingerprint density at radius 1 is 0.800 bits per heavy atom. The molecule has 0 aromatic rings. The predicted molar refractivity (Wildman–Crippen MR) is 41.7 cm³/mol. The molecule has 0 saturated heterocycles. The Hall–Kier alpha value is -0.0800.